The quantitative estimate of drug-likeness (QED) is 0.595. The third-order valence-corrected chi connectivity index (χ3v) is 5.21. The summed E-state index contributed by atoms with van der Waals surface area (Å²) < 4.78 is 1.90. The Bertz CT molecular complexity index is 1080. The molecule has 1 aliphatic carbocycles. The first-order valence-corrected chi connectivity index (χ1v) is 8.93. The van der Waals surface area contributed by atoms with E-state index in [2.05, 4.69) is 56.0 Å². The molecule has 1 fully saturated rings. The molecule has 130 valence electrons. The predicted molar refractivity (Wildman–Crippen MR) is 103 cm³/mol. The summed E-state index contributed by atoms with van der Waals surface area (Å²) in [7, 11) is 2.01. The first-order valence-electron chi connectivity index (χ1n) is 8.93. The Morgan fingerprint density at radius 2 is 2.00 bits per heavy atom. The molecule has 4 aromatic rings. The van der Waals surface area contributed by atoms with Crippen molar-refractivity contribution in [1.29, 1.82) is 0 Å². The molecule has 0 saturated heterocycles. The van der Waals surface area contributed by atoms with Crippen LogP contribution in [-0.2, 0) is 0 Å². The summed E-state index contributed by atoms with van der Waals surface area (Å²) in [6, 6.07) is 13.5. The first kappa shape index (κ1) is 15.3. The van der Waals surface area contributed by atoms with Crippen LogP contribution in [0.2, 0.25) is 0 Å². The fraction of sp³-hybridized carbons (Fsp3) is 0.250. The molecule has 0 spiro atoms. The minimum Gasteiger partial charge on any atom is -0.350 e. The monoisotopic (exact) mass is 344 g/mol. The highest BCUT2D eigenvalue weighted by Gasteiger charge is 2.28. The van der Waals surface area contributed by atoms with Crippen LogP contribution in [0.25, 0.3) is 27.5 Å². The maximum atomic E-state index is 4.62. The van der Waals surface area contributed by atoms with Gasteiger partial charge in [-0.1, -0.05) is 12.1 Å². The molecule has 1 aliphatic rings. The lowest BCUT2D eigenvalue weighted by molar-refractivity contribution is 0.325. The lowest BCUT2D eigenvalue weighted by atomic mass is 9.87. The molecular formula is C20H20N6. The van der Waals surface area contributed by atoms with Gasteiger partial charge in [-0.05, 0) is 49.7 Å². The van der Waals surface area contributed by atoms with Crippen LogP contribution in [0.1, 0.15) is 12.8 Å². The summed E-state index contributed by atoms with van der Waals surface area (Å²) in [6.07, 6.45) is 7.92. The van der Waals surface area contributed by atoms with E-state index in [9.17, 15) is 0 Å². The Labute approximate surface area is 151 Å². The molecule has 0 bridgehead atoms. The summed E-state index contributed by atoms with van der Waals surface area (Å²) in [4.78, 5) is 8.91. The van der Waals surface area contributed by atoms with Crippen LogP contribution in [0.5, 0.6) is 0 Å². The summed E-state index contributed by atoms with van der Waals surface area (Å²) in [5, 5.41) is 12.5. The summed E-state index contributed by atoms with van der Waals surface area (Å²) >= 11 is 0. The van der Waals surface area contributed by atoms with E-state index in [1.807, 2.05) is 36.2 Å². The van der Waals surface area contributed by atoms with Crippen molar-refractivity contribution in [3.8, 4) is 11.1 Å². The SMILES string of the molecule is CNC1CC(Nc2ncc3c(-c4ccc5ncccc5c4)ccn3n2)C1. The number of benzene rings is 1. The molecule has 1 aromatic carbocycles. The highest BCUT2D eigenvalue weighted by Crippen LogP contribution is 2.28. The molecule has 0 amide bonds. The van der Waals surface area contributed by atoms with Crippen molar-refractivity contribution < 1.29 is 0 Å². The van der Waals surface area contributed by atoms with Crippen molar-refractivity contribution in [2.75, 3.05) is 12.4 Å². The van der Waals surface area contributed by atoms with Crippen LogP contribution in [0.4, 0.5) is 5.95 Å². The van der Waals surface area contributed by atoms with Gasteiger partial charge < -0.3 is 10.6 Å². The molecule has 3 aromatic heterocycles. The Balaban J connectivity index is 1.45. The van der Waals surface area contributed by atoms with Gasteiger partial charge >= 0.3 is 0 Å². The Hall–Kier alpha value is -2.99. The van der Waals surface area contributed by atoms with E-state index in [-0.39, 0.29) is 0 Å². The first-order chi connectivity index (χ1) is 12.8. The standard InChI is InChI=1S/C20H20N6/c1-21-15-10-16(11-15)24-20-23-12-19-17(6-8-26(19)25-20)13-4-5-18-14(9-13)3-2-7-22-18/h2-9,12,15-16,21H,10-11H2,1H3,(H,24,25). The maximum Gasteiger partial charge on any atom is 0.241 e. The van der Waals surface area contributed by atoms with Crippen molar-refractivity contribution in [3.63, 3.8) is 0 Å². The third-order valence-electron chi connectivity index (χ3n) is 5.21. The van der Waals surface area contributed by atoms with Crippen molar-refractivity contribution in [3.05, 3.63) is 55.0 Å². The van der Waals surface area contributed by atoms with Crippen molar-refractivity contribution in [2.45, 2.75) is 24.9 Å². The zero-order valence-electron chi connectivity index (χ0n) is 14.6. The van der Waals surface area contributed by atoms with Gasteiger partial charge in [0, 0.05) is 35.4 Å². The predicted octanol–water partition coefficient (Wildman–Crippen LogP) is 3.11. The van der Waals surface area contributed by atoms with Gasteiger partial charge in [0.25, 0.3) is 0 Å². The van der Waals surface area contributed by atoms with Gasteiger partial charge in [0.15, 0.2) is 0 Å². The number of anilines is 1. The van der Waals surface area contributed by atoms with Crippen LogP contribution < -0.4 is 10.6 Å². The lowest BCUT2D eigenvalue weighted by Crippen LogP contribution is -2.46. The van der Waals surface area contributed by atoms with Crippen LogP contribution in [0.15, 0.2) is 55.0 Å². The van der Waals surface area contributed by atoms with Crippen LogP contribution in [0.3, 0.4) is 0 Å². The van der Waals surface area contributed by atoms with Crippen molar-refractivity contribution >= 4 is 22.4 Å². The van der Waals surface area contributed by atoms with E-state index >= 15 is 0 Å². The fourth-order valence-electron chi connectivity index (χ4n) is 3.61. The zero-order chi connectivity index (χ0) is 17.5. The van der Waals surface area contributed by atoms with Crippen LogP contribution in [-0.4, -0.2) is 38.7 Å². The van der Waals surface area contributed by atoms with E-state index in [1.54, 1.807) is 0 Å². The fourth-order valence-corrected chi connectivity index (χ4v) is 3.61. The normalized spacial score (nSPS) is 19.6. The summed E-state index contributed by atoms with van der Waals surface area (Å²) in [6.45, 7) is 0. The second-order valence-corrected chi connectivity index (χ2v) is 6.85. The minimum absolute atomic E-state index is 0.452. The topological polar surface area (TPSA) is 67.1 Å². The smallest absolute Gasteiger partial charge is 0.241 e. The molecule has 0 unspecified atom stereocenters. The Morgan fingerprint density at radius 3 is 2.88 bits per heavy atom. The molecule has 3 heterocycles. The van der Waals surface area contributed by atoms with Gasteiger partial charge in [0.1, 0.15) is 0 Å². The zero-order valence-corrected chi connectivity index (χ0v) is 14.6. The van der Waals surface area contributed by atoms with Gasteiger partial charge in [-0.15, -0.1) is 5.10 Å². The number of rotatable bonds is 4. The highest BCUT2D eigenvalue weighted by atomic mass is 15.3. The number of nitrogens with zero attached hydrogens (tertiary/aromatic N) is 4. The van der Waals surface area contributed by atoms with Gasteiger partial charge in [0.2, 0.25) is 5.95 Å². The van der Waals surface area contributed by atoms with Gasteiger partial charge in [-0.3, -0.25) is 4.98 Å². The number of hydrogen-bond donors (Lipinski definition) is 2. The highest BCUT2D eigenvalue weighted by molar-refractivity contribution is 5.88. The maximum absolute atomic E-state index is 4.62. The number of aromatic nitrogens is 4. The van der Waals surface area contributed by atoms with Crippen molar-refractivity contribution in [2.24, 2.45) is 0 Å². The average molecular weight is 344 g/mol. The summed E-state index contributed by atoms with van der Waals surface area (Å²) in [5.41, 5.74) is 4.28. The molecule has 6 heteroatoms. The van der Waals surface area contributed by atoms with E-state index < -0.39 is 0 Å². The van der Waals surface area contributed by atoms with E-state index in [0.717, 1.165) is 40.4 Å². The number of pyridine rings is 1. The lowest BCUT2D eigenvalue weighted by Gasteiger charge is -2.35. The van der Waals surface area contributed by atoms with Crippen molar-refractivity contribution in [1.82, 2.24) is 24.9 Å². The molecule has 0 aliphatic heterocycles. The molecule has 0 atom stereocenters. The largest absolute Gasteiger partial charge is 0.350 e. The van der Waals surface area contributed by atoms with E-state index in [4.69, 9.17) is 0 Å². The second-order valence-electron chi connectivity index (χ2n) is 6.85. The summed E-state index contributed by atoms with van der Waals surface area (Å²) in [5.74, 6) is 0.682. The van der Waals surface area contributed by atoms with Crippen LogP contribution >= 0.6 is 0 Å². The molecule has 0 radical (unpaired) electrons. The second kappa shape index (κ2) is 6.07. The van der Waals surface area contributed by atoms with Gasteiger partial charge in [-0.25, -0.2) is 9.50 Å². The number of fused-ring (bicyclic) bond motifs is 2. The molecule has 26 heavy (non-hydrogen) atoms. The Kier molecular flexibility index (Phi) is 3.57. The van der Waals surface area contributed by atoms with E-state index in [0.29, 0.717) is 18.0 Å². The van der Waals surface area contributed by atoms with E-state index in [1.165, 1.54) is 0 Å². The molecule has 1 saturated carbocycles. The average Bonchev–Trinajstić information content (AvgIpc) is 3.07. The number of hydrogen-bond acceptors (Lipinski definition) is 5. The van der Waals surface area contributed by atoms with Gasteiger partial charge in [0.05, 0.1) is 17.2 Å². The Morgan fingerprint density at radius 1 is 1.08 bits per heavy atom. The molecule has 6 nitrogen and oxygen atoms in total. The molecule has 2 N–H and O–H groups in total. The van der Waals surface area contributed by atoms with Crippen LogP contribution in [0, 0.1) is 0 Å². The third kappa shape index (κ3) is 2.59. The minimum atomic E-state index is 0.452. The molecule has 5 rings (SSSR count). The molecular weight excluding hydrogens is 324 g/mol. The number of nitrogens with one attached hydrogen (secondary N) is 2. The van der Waals surface area contributed by atoms with Gasteiger partial charge in [-0.2, -0.15) is 0 Å².